The number of amidine groups is 1. The Hall–Kier alpha value is -2.19. The number of carbonyl (C=O) groups is 2. The molecule has 14 nitrogen and oxygen atoms in total. The van der Waals surface area contributed by atoms with Crippen LogP contribution < -0.4 is 15.9 Å². The minimum Gasteiger partial charge on any atom is -0.462 e. The number of nitrogens with one attached hydrogen (secondary N) is 2. The van der Waals surface area contributed by atoms with Gasteiger partial charge in [0.05, 0.1) is 36.9 Å². The minimum atomic E-state index is -3.87. The molecule has 0 radical (unpaired) electrons. The summed E-state index contributed by atoms with van der Waals surface area (Å²) >= 11 is 0. The SMILES string of the molecule is C=C1N=C(N)C=CN1[C@H]1O[C@H](COP(C)(=O)N[C@@H](C)C(=O)OC(C)C)C(C)(COP(C)(=O)N[C@@H](C)C(=O)OC(C)C)C1(F)F. The van der Waals surface area contributed by atoms with Gasteiger partial charge < -0.3 is 33.9 Å². The maximum Gasteiger partial charge on any atom is 0.323 e. The van der Waals surface area contributed by atoms with E-state index in [2.05, 4.69) is 21.7 Å². The van der Waals surface area contributed by atoms with Crippen LogP contribution in [0.2, 0.25) is 0 Å². The fraction of sp³-hybridized carbons (Fsp3) is 0.731. The van der Waals surface area contributed by atoms with Gasteiger partial charge in [0, 0.05) is 19.5 Å². The third-order valence-electron chi connectivity index (χ3n) is 6.64. The van der Waals surface area contributed by atoms with Crippen LogP contribution in [0.15, 0.2) is 29.7 Å². The summed E-state index contributed by atoms with van der Waals surface area (Å²) in [4.78, 5) is 29.3. The van der Waals surface area contributed by atoms with Crippen molar-refractivity contribution in [2.24, 2.45) is 16.1 Å². The van der Waals surface area contributed by atoms with E-state index in [9.17, 15) is 18.7 Å². The highest BCUT2D eigenvalue weighted by Crippen LogP contribution is 2.55. The van der Waals surface area contributed by atoms with Crippen molar-refractivity contribution in [3.63, 3.8) is 0 Å². The maximum atomic E-state index is 16.3. The van der Waals surface area contributed by atoms with Crippen LogP contribution in [0.5, 0.6) is 0 Å². The molecule has 252 valence electrons. The monoisotopic (exact) mass is 671 g/mol. The molecule has 0 aliphatic carbocycles. The van der Waals surface area contributed by atoms with Gasteiger partial charge in [-0.3, -0.25) is 18.7 Å². The molecular weight excluding hydrogens is 626 g/mol. The lowest BCUT2D eigenvalue weighted by Gasteiger charge is -2.37. The molecule has 0 aromatic heterocycles. The van der Waals surface area contributed by atoms with Crippen LogP contribution in [-0.4, -0.2) is 91.8 Å². The molecule has 0 aromatic rings. The molecule has 0 aromatic carbocycles. The molecule has 1 fully saturated rings. The molecule has 18 heteroatoms. The summed E-state index contributed by atoms with van der Waals surface area (Å²) in [5, 5.41) is 5.05. The van der Waals surface area contributed by atoms with Crippen molar-refractivity contribution in [1.29, 1.82) is 0 Å². The van der Waals surface area contributed by atoms with Gasteiger partial charge in [-0.15, -0.1) is 0 Å². The Morgan fingerprint density at radius 1 is 1.05 bits per heavy atom. The van der Waals surface area contributed by atoms with Gasteiger partial charge in [-0.1, -0.05) is 6.58 Å². The van der Waals surface area contributed by atoms with Crippen molar-refractivity contribution in [2.75, 3.05) is 26.5 Å². The van der Waals surface area contributed by atoms with Crippen molar-refractivity contribution in [2.45, 2.75) is 91.0 Å². The molecule has 7 atom stereocenters. The molecule has 4 N–H and O–H groups in total. The summed E-state index contributed by atoms with van der Waals surface area (Å²) in [5.41, 5.74) is 3.43. The van der Waals surface area contributed by atoms with Crippen LogP contribution in [-0.2, 0) is 42.0 Å². The van der Waals surface area contributed by atoms with Gasteiger partial charge in [-0.05, 0) is 54.5 Å². The molecule has 0 spiro atoms. The van der Waals surface area contributed by atoms with Crippen LogP contribution in [0.25, 0.3) is 0 Å². The van der Waals surface area contributed by atoms with Crippen molar-refractivity contribution in [3.05, 3.63) is 24.7 Å². The van der Waals surface area contributed by atoms with E-state index in [1.54, 1.807) is 27.7 Å². The van der Waals surface area contributed by atoms with Crippen LogP contribution in [0.3, 0.4) is 0 Å². The van der Waals surface area contributed by atoms with Crippen molar-refractivity contribution in [1.82, 2.24) is 15.1 Å². The number of nitrogens with two attached hydrogens (primary N) is 1. The second-order valence-corrected chi connectivity index (χ2v) is 16.0. The average Bonchev–Trinajstić information content (AvgIpc) is 3.05. The predicted molar refractivity (Wildman–Crippen MR) is 160 cm³/mol. The molecule has 2 heterocycles. The second-order valence-electron chi connectivity index (χ2n) is 11.6. The molecule has 2 aliphatic heterocycles. The zero-order chi connectivity index (χ0) is 33.8. The van der Waals surface area contributed by atoms with Gasteiger partial charge in [0.2, 0.25) is 6.23 Å². The average molecular weight is 672 g/mol. The standard InChI is InChI=1S/C26H45F2N5O9P2/c1-15(2)40-22(34)17(5)31-43(9,36)38-13-20-25(8,14-39-44(10,37)32-18(6)23(35)41-16(3)4)26(27,28)24(42-20)33-12-11-21(29)30-19(33)7/h11-12,15-18,20,24H,7,13-14H2,1-6,8-10H3,(H2,29,30)(H,31,36)(H,32,37)/t17-,18-,20+,24-,25?,43?,44?/m0/s1. The largest absolute Gasteiger partial charge is 0.462 e. The first kappa shape index (κ1) is 38.0. The first-order valence-corrected chi connectivity index (χ1v) is 18.1. The summed E-state index contributed by atoms with van der Waals surface area (Å²) in [5.74, 6) is -5.20. The van der Waals surface area contributed by atoms with Crippen LogP contribution in [0, 0.1) is 5.41 Å². The van der Waals surface area contributed by atoms with Gasteiger partial charge in [0.15, 0.2) is 0 Å². The minimum absolute atomic E-state index is 0.0461. The zero-order valence-electron chi connectivity index (χ0n) is 26.5. The summed E-state index contributed by atoms with van der Waals surface area (Å²) in [6.45, 7) is 15.0. The van der Waals surface area contributed by atoms with Gasteiger partial charge in [-0.25, -0.2) is 23.9 Å². The summed E-state index contributed by atoms with van der Waals surface area (Å²) in [6.07, 6.45) is -1.81. The molecule has 2 aliphatic rings. The molecular formula is C26H45F2N5O9P2. The van der Waals surface area contributed by atoms with E-state index in [0.717, 1.165) is 18.5 Å². The highest BCUT2D eigenvalue weighted by Gasteiger charge is 2.69. The quantitative estimate of drug-likeness (QED) is 0.170. The third kappa shape index (κ3) is 9.65. The number of rotatable bonds is 15. The topological polar surface area (TPSA) is 180 Å². The van der Waals surface area contributed by atoms with E-state index >= 15 is 8.78 Å². The molecule has 3 unspecified atom stereocenters. The number of carbonyl (C=O) groups excluding carboxylic acids is 2. The Morgan fingerprint density at radius 3 is 1.98 bits per heavy atom. The van der Waals surface area contributed by atoms with Crippen LogP contribution >= 0.6 is 15.0 Å². The van der Waals surface area contributed by atoms with Gasteiger partial charge >= 0.3 is 17.9 Å². The predicted octanol–water partition coefficient (Wildman–Crippen LogP) is 3.55. The van der Waals surface area contributed by atoms with Crippen molar-refractivity contribution >= 4 is 32.8 Å². The van der Waals surface area contributed by atoms with Gasteiger partial charge in [-0.2, -0.15) is 0 Å². The highest BCUT2D eigenvalue weighted by molar-refractivity contribution is 7.56. The number of nitrogens with zero attached hydrogens (tertiary/aromatic N) is 2. The lowest BCUT2D eigenvalue weighted by atomic mass is 9.80. The van der Waals surface area contributed by atoms with Gasteiger partial charge in [0.1, 0.15) is 23.7 Å². The Kier molecular flexibility index (Phi) is 12.5. The molecule has 2 rings (SSSR count). The lowest BCUT2D eigenvalue weighted by Crippen LogP contribution is -2.52. The van der Waals surface area contributed by atoms with E-state index in [-0.39, 0.29) is 11.7 Å². The molecule has 44 heavy (non-hydrogen) atoms. The number of alkyl halides is 2. The number of hydrogen-bond acceptors (Lipinski definition) is 12. The lowest BCUT2D eigenvalue weighted by molar-refractivity contribution is -0.159. The van der Waals surface area contributed by atoms with E-state index in [1.807, 2.05) is 0 Å². The maximum absolute atomic E-state index is 16.3. The van der Waals surface area contributed by atoms with Crippen molar-refractivity contribution < 1.29 is 50.8 Å². The normalized spacial score (nSPS) is 27.4. The number of halogens is 2. The number of hydrogen-bond donors (Lipinski definition) is 3. The van der Waals surface area contributed by atoms with Gasteiger partial charge in [0.25, 0.3) is 15.0 Å². The first-order valence-electron chi connectivity index (χ1n) is 13.9. The Balaban J connectivity index is 2.31. The fourth-order valence-electron chi connectivity index (χ4n) is 4.26. The number of esters is 2. The van der Waals surface area contributed by atoms with Crippen molar-refractivity contribution in [3.8, 4) is 0 Å². The van der Waals surface area contributed by atoms with E-state index in [1.165, 1.54) is 32.8 Å². The number of ether oxygens (including phenoxy) is 3. The second kappa shape index (κ2) is 14.5. The smallest absolute Gasteiger partial charge is 0.323 e. The Morgan fingerprint density at radius 2 is 1.52 bits per heavy atom. The third-order valence-corrected chi connectivity index (χ3v) is 9.62. The summed E-state index contributed by atoms with van der Waals surface area (Å²) in [6, 6.07) is -2.10. The summed E-state index contributed by atoms with van der Waals surface area (Å²) in [7, 11) is -7.65. The Bertz CT molecular complexity index is 1250. The van der Waals surface area contributed by atoms with E-state index in [4.69, 9.17) is 29.0 Å². The fourth-order valence-corrected chi connectivity index (χ4v) is 6.96. The van der Waals surface area contributed by atoms with Crippen LogP contribution in [0.1, 0.15) is 48.5 Å². The highest BCUT2D eigenvalue weighted by atomic mass is 31.2. The molecule has 0 bridgehead atoms. The zero-order valence-corrected chi connectivity index (χ0v) is 28.3. The van der Waals surface area contributed by atoms with E-state index < -0.39 is 88.2 Å². The molecule has 0 amide bonds. The Labute approximate surface area is 257 Å². The summed E-state index contributed by atoms with van der Waals surface area (Å²) < 4.78 is 86.2. The molecule has 0 saturated carbocycles. The number of aliphatic imine (C=N–C) groups is 1. The molecule has 1 saturated heterocycles. The van der Waals surface area contributed by atoms with Crippen LogP contribution in [0.4, 0.5) is 8.78 Å². The first-order chi connectivity index (χ1) is 20.0. The van der Waals surface area contributed by atoms with E-state index in [0.29, 0.717) is 0 Å².